The summed E-state index contributed by atoms with van der Waals surface area (Å²) in [5, 5.41) is 5.44. The molecule has 0 aliphatic carbocycles. The van der Waals surface area contributed by atoms with Gasteiger partial charge in [-0.3, -0.25) is 4.79 Å². The van der Waals surface area contributed by atoms with Crippen LogP contribution in [0.4, 0.5) is 0 Å². The largest absolute Gasteiger partial charge is 0.494 e. The number of benzene rings is 2. The molecule has 0 saturated carbocycles. The van der Waals surface area contributed by atoms with E-state index in [0.717, 1.165) is 58.5 Å². The molecule has 2 N–H and O–H groups in total. The summed E-state index contributed by atoms with van der Waals surface area (Å²) in [5.41, 5.74) is 1.47. The second-order valence-corrected chi connectivity index (χ2v) is 6.90. The molecule has 0 spiro atoms. The second-order valence-electron chi connectivity index (χ2n) is 6.90. The van der Waals surface area contributed by atoms with Crippen LogP contribution in [0, 0.1) is 0 Å². The van der Waals surface area contributed by atoms with E-state index in [4.69, 9.17) is 13.9 Å². The minimum atomic E-state index is -0.108. The lowest BCUT2D eigenvalue weighted by Crippen LogP contribution is -2.15. The summed E-state index contributed by atoms with van der Waals surface area (Å²) < 4.78 is 17.0. The Morgan fingerprint density at radius 3 is 2.83 bits per heavy atom. The fourth-order valence-corrected chi connectivity index (χ4v) is 3.31. The van der Waals surface area contributed by atoms with E-state index in [2.05, 4.69) is 10.3 Å². The molecule has 0 radical (unpaired) electrons. The molecular formula is C23H24N2O4. The van der Waals surface area contributed by atoms with Gasteiger partial charge in [0.25, 0.3) is 0 Å². The predicted molar refractivity (Wildman–Crippen MR) is 114 cm³/mol. The number of ether oxygens (including phenoxy) is 2. The summed E-state index contributed by atoms with van der Waals surface area (Å²) in [5.74, 6) is 2.41. The minimum absolute atomic E-state index is 0.108. The number of aromatic nitrogens is 1. The molecule has 0 amide bonds. The monoisotopic (exact) mass is 392 g/mol. The fraction of sp³-hybridized carbons (Fsp3) is 0.261. The van der Waals surface area contributed by atoms with Crippen molar-refractivity contribution in [2.45, 2.75) is 19.4 Å². The van der Waals surface area contributed by atoms with Gasteiger partial charge in [-0.05, 0) is 55.1 Å². The lowest BCUT2D eigenvalue weighted by atomic mass is 10.2. The number of pyridine rings is 1. The van der Waals surface area contributed by atoms with E-state index in [1.165, 1.54) is 6.07 Å². The molecule has 6 heteroatoms. The summed E-state index contributed by atoms with van der Waals surface area (Å²) in [4.78, 5) is 14.2. The van der Waals surface area contributed by atoms with Crippen LogP contribution < -0.4 is 20.3 Å². The highest BCUT2D eigenvalue weighted by Gasteiger charge is 2.08. The number of fused-ring (bicyclic) bond motifs is 2. The van der Waals surface area contributed by atoms with Crippen LogP contribution in [-0.2, 0) is 6.54 Å². The maximum Gasteiger partial charge on any atom is 0.248 e. The molecule has 2 aromatic heterocycles. The van der Waals surface area contributed by atoms with Crippen LogP contribution in [0.25, 0.3) is 21.9 Å². The van der Waals surface area contributed by atoms with E-state index in [-0.39, 0.29) is 5.56 Å². The standard InChI is InChI=1S/C23H24N2O4/c1-27-21-6-4-5-17-13-19(29-23(17)21)15-24-11-2-3-12-28-18-9-7-16-8-10-22(26)25-20(16)14-18/h4-10,13-14,24H,2-3,11-12,15H2,1H3,(H,25,26). The smallest absolute Gasteiger partial charge is 0.248 e. The molecule has 2 heterocycles. The van der Waals surface area contributed by atoms with Crippen LogP contribution >= 0.6 is 0 Å². The molecule has 0 bridgehead atoms. The number of hydrogen-bond acceptors (Lipinski definition) is 5. The highest BCUT2D eigenvalue weighted by molar-refractivity contribution is 5.83. The van der Waals surface area contributed by atoms with E-state index in [1.54, 1.807) is 7.11 Å². The zero-order valence-electron chi connectivity index (χ0n) is 16.4. The van der Waals surface area contributed by atoms with E-state index in [0.29, 0.717) is 13.2 Å². The average molecular weight is 392 g/mol. The predicted octanol–water partition coefficient (Wildman–Crippen LogP) is 4.23. The Kier molecular flexibility index (Phi) is 5.81. The Morgan fingerprint density at radius 2 is 1.93 bits per heavy atom. The molecule has 0 saturated heterocycles. The number of aromatic amines is 1. The summed E-state index contributed by atoms with van der Waals surface area (Å²) in [6.07, 6.45) is 1.93. The van der Waals surface area contributed by atoms with Gasteiger partial charge in [-0.2, -0.15) is 0 Å². The molecule has 0 aliphatic rings. The van der Waals surface area contributed by atoms with Gasteiger partial charge in [0.2, 0.25) is 5.56 Å². The van der Waals surface area contributed by atoms with Gasteiger partial charge in [0.15, 0.2) is 11.3 Å². The van der Waals surface area contributed by atoms with Crippen LogP contribution in [0.2, 0.25) is 0 Å². The van der Waals surface area contributed by atoms with Crippen molar-refractivity contribution in [3.63, 3.8) is 0 Å². The molecule has 0 unspecified atom stereocenters. The topological polar surface area (TPSA) is 76.5 Å². The van der Waals surface area contributed by atoms with Crippen molar-refractivity contribution in [2.75, 3.05) is 20.3 Å². The summed E-state index contributed by atoms with van der Waals surface area (Å²) in [7, 11) is 1.65. The molecule has 29 heavy (non-hydrogen) atoms. The fourth-order valence-electron chi connectivity index (χ4n) is 3.31. The molecule has 0 aliphatic heterocycles. The summed E-state index contributed by atoms with van der Waals surface area (Å²) in [6.45, 7) is 2.19. The quantitative estimate of drug-likeness (QED) is 0.417. The number of H-pyrrole nitrogens is 1. The number of para-hydroxylation sites is 1. The molecular weight excluding hydrogens is 368 g/mol. The third kappa shape index (κ3) is 4.60. The maximum absolute atomic E-state index is 11.4. The Hall–Kier alpha value is -3.25. The summed E-state index contributed by atoms with van der Waals surface area (Å²) in [6, 6.07) is 17.0. The Labute approximate surface area is 168 Å². The number of methoxy groups -OCH3 is 1. The van der Waals surface area contributed by atoms with Crippen LogP contribution in [0.15, 0.2) is 63.8 Å². The Morgan fingerprint density at radius 1 is 1.03 bits per heavy atom. The van der Waals surface area contributed by atoms with Crippen molar-refractivity contribution in [3.05, 3.63) is 70.7 Å². The van der Waals surface area contributed by atoms with Gasteiger partial charge < -0.3 is 24.2 Å². The molecule has 2 aromatic carbocycles. The first-order chi connectivity index (χ1) is 14.2. The zero-order chi connectivity index (χ0) is 20.1. The second kappa shape index (κ2) is 8.84. The van der Waals surface area contributed by atoms with E-state index in [9.17, 15) is 4.79 Å². The maximum atomic E-state index is 11.4. The average Bonchev–Trinajstić information content (AvgIpc) is 3.15. The van der Waals surface area contributed by atoms with E-state index >= 15 is 0 Å². The Balaban J connectivity index is 1.19. The van der Waals surface area contributed by atoms with Gasteiger partial charge in [0.1, 0.15) is 11.5 Å². The van der Waals surface area contributed by atoms with Crippen LogP contribution in [0.5, 0.6) is 11.5 Å². The normalized spacial score (nSPS) is 11.2. The van der Waals surface area contributed by atoms with E-state index in [1.807, 2.05) is 48.5 Å². The lowest BCUT2D eigenvalue weighted by Gasteiger charge is -2.07. The molecule has 6 nitrogen and oxygen atoms in total. The zero-order valence-corrected chi connectivity index (χ0v) is 16.4. The number of furan rings is 1. The van der Waals surface area contributed by atoms with Crippen LogP contribution in [0.3, 0.4) is 0 Å². The van der Waals surface area contributed by atoms with Gasteiger partial charge in [0, 0.05) is 17.5 Å². The molecule has 0 atom stereocenters. The first-order valence-corrected chi connectivity index (χ1v) is 9.75. The van der Waals surface area contributed by atoms with Gasteiger partial charge in [0.05, 0.1) is 25.8 Å². The summed E-state index contributed by atoms with van der Waals surface area (Å²) >= 11 is 0. The van der Waals surface area contributed by atoms with Gasteiger partial charge in [-0.15, -0.1) is 0 Å². The van der Waals surface area contributed by atoms with Crippen molar-refractivity contribution >= 4 is 21.9 Å². The number of rotatable bonds is 9. The number of hydrogen-bond donors (Lipinski definition) is 2. The highest BCUT2D eigenvalue weighted by atomic mass is 16.5. The molecule has 4 aromatic rings. The van der Waals surface area contributed by atoms with Crippen molar-refractivity contribution in [1.82, 2.24) is 10.3 Å². The first-order valence-electron chi connectivity index (χ1n) is 9.75. The molecule has 0 fully saturated rings. The first kappa shape index (κ1) is 19.1. The van der Waals surface area contributed by atoms with Crippen LogP contribution in [-0.4, -0.2) is 25.2 Å². The van der Waals surface area contributed by atoms with Gasteiger partial charge >= 0.3 is 0 Å². The number of unbranched alkanes of at least 4 members (excludes halogenated alkanes) is 1. The minimum Gasteiger partial charge on any atom is -0.494 e. The van der Waals surface area contributed by atoms with Gasteiger partial charge in [-0.25, -0.2) is 0 Å². The van der Waals surface area contributed by atoms with Crippen molar-refractivity contribution < 1.29 is 13.9 Å². The molecule has 150 valence electrons. The third-order valence-corrected chi connectivity index (χ3v) is 4.79. The van der Waals surface area contributed by atoms with Crippen LogP contribution in [0.1, 0.15) is 18.6 Å². The van der Waals surface area contributed by atoms with Crippen molar-refractivity contribution in [1.29, 1.82) is 0 Å². The third-order valence-electron chi connectivity index (χ3n) is 4.79. The highest BCUT2D eigenvalue weighted by Crippen LogP contribution is 2.28. The van der Waals surface area contributed by atoms with Crippen molar-refractivity contribution in [2.24, 2.45) is 0 Å². The molecule has 4 rings (SSSR count). The number of nitrogens with one attached hydrogen (secondary N) is 2. The lowest BCUT2D eigenvalue weighted by molar-refractivity contribution is 0.306. The SMILES string of the molecule is COc1cccc2cc(CNCCCCOc3ccc4ccc(=O)[nH]c4c3)oc12. The van der Waals surface area contributed by atoms with Gasteiger partial charge in [-0.1, -0.05) is 12.1 Å². The van der Waals surface area contributed by atoms with Crippen molar-refractivity contribution in [3.8, 4) is 11.5 Å². The Bertz CT molecular complexity index is 1160. The van der Waals surface area contributed by atoms with E-state index < -0.39 is 0 Å².